The highest BCUT2D eigenvalue weighted by Crippen LogP contribution is 2.48. The summed E-state index contributed by atoms with van der Waals surface area (Å²) in [4.78, 5) is 16.5. The molecule has 1 fully saturated rings. The van der Waals surface area contributed by atoms with Gasteiger partial charge in [-0.2, -0.15) is 0 Å². The average Bonchev–Trinajstić information content (AvgIpc) is 3.47. The number of guanidine groups is 1. The maximum Gasteiger partial charge on any atom is 0.246 e. The van der Waals surface area contributed by atoms with Gasteiger partial charge in [0, 0.05) is 28.7 Å². The third-order valence-corrected chi connectivity index (χ3v) is 5.25. The van der Waals surface area contributed by atoms with Crippen LogP contribution < -0.4 is 16.0 Å². The van der Waals surface area contributed by atoms with Crippen molar-refractivity contribution in [3.63, 3.8) is 0 Å². The standard InChI is InChI=1S/C21H25BrN4O2/c1-2-23-20(24-13-19(28)26-17-6-8-18(27)9-7-17)25-14-21(10-11-21)15-4-3-5-16(22)12-15/h3-9,12,27H,2,10-11,13-14H2,1H3,(H,26,28)(H2,23,24,25). The van der Waals surface area contributed by atoms with Crippen LogP contribution >= 0.6 is 15.9 Å². The molecule has 3 rings (SSSR count). The van der Waals surface area contributed by atoms with Crippen molar-refractivity contribution in [1.29, 1.82) is 0 Å². The second-order valence-corrected chi connectivity index (χ2v) is 7.85. The molecule has 6 nitrogen and oxygen atoms in total. The highest BCUT2D eigenvalue weighted by molar-refractivity contribution is 9.10. The number of rotatable bonds is 7. The Bertz CT molecular complexity index is 848. The van der Waals surface area contributed by atoms with E-state index in [0.29, 0.717) is 11.6 Å². The van der Waals surface area contributed by atoms with Crippen LogP contribution in [0.4, 0.5) is 5.69 Å². The van der Waals surface area contributed by atoms with E-state index in [1.165, 1.54) is 17.7 Å². The van der Waals surface area contributed by atoms with Crippen molar-refractivity contribution in [2.45, 2.75) is 25.2 Å². The Balaban J connectivity index is 1.57. The summed E-state index contributed by atoms with van der Waals surface area (Å²) in [6.45, 7) is 3.50. The SMILES string of the molecule is CCNC(=NCC(=O)Nc1ccc(O)cc1)NCC1(c2cccc(Br)c2)CC1. The van der Waals surface area contributed by atoms with Crippen molar-refractivity contribution in [3.8, 4) is 5.75 Å². The van der Waals surface area contributed by atoms with Crippen molar-refractivity contribution in [3.05, 3.63) is 58.6 Å². The molecule has 7 heteroatoms. The third kappa shape index (κ3) is 5.48. The topological polar surface area (TPSA) is 85.8 Å². The minimum Gasteiger partial charge on any atom is -0.508 e. The zero-order valence-corrected chi connectivity index (χ0v) is 17.4. The highest BCUT2D eigenvalue weighted by Gasteiger charge is 2.44. The first-order chi connectivity index (χ1) is 13.5. The second kappa shape index (κ2) is 9.10. The van der Waals surface area contributed by atoms with Crippen LogP contribution in [-0.2, 0) is 10.2 Å². The summed E-state index contributed by atoms with van der Waals surface area (Å²) < 4.78 is 1.09. The number of nitrogens with zero attached hydrogens (tertiary/aromatic N) is 1. The molecule has 0 aromatic heterocycles. The van der Waals surface area contributed by atoms with Gasteiger partial charge < -0.3 is 21.1 Å². The summed E-state index contributed by atoms with van der Waals surface area (Å²) in [5, 5.41) is 18.6. The molecular formula is C21H25BrN4O2. The number of hydrogen-bond acceptors (Lipinski definition) is 3. The molecule has 0 heterocycles. The molecule has 2 aromatic carbocycles. The monoisotopic (exact) mass is 444 g/mol. The number of halogens is 1. The molecule has 0 aliphatic heterocycles. The first kappa shape index (κ1) is 20.2. The predicted molar refractivity (Wildman–Crippen MR) is 116 cm³/mol. The molecule has 0 spiro atoms. The van der Waals surface area contributed by atoms with Gasteiger partial charge in [0.15, 0.2) is 5.96 Å². The summed E-state index contributed by atoms with van der Waals surface area (Å²) in [5.74, 6) is 0.578. The molecule has 1 aliphatic carbocycles. The molecule has 148 valence electrons. The van der Waals surface area contributed by atoms with Gasteiger partial charge in [-0.05, 0) is 61.7 Å². The van der Waals surface area contributed by atoms with Crippen LogP contribution in [-0.4, -0.2) is 36.6 Å². The summed E-state index contributed by atoms with van der Waals surface area (Å²) in [6, 6.07) is 14.8. The lowest BCUT2D eigenvalue weighted by Gasteiger charge is -2.19. The van der Waals surface area contributed by atoms with E-state index < -0.39 is 0 Å². The van der Waals surface area contributed by atoms with E-state index in [2.05, 4.69) is 55.1 Å². The Morgan fingerprint density at radius 3 is 2.57 bits per heavy atom. The van der Waals surface area contributed by atoms with Gasteiger partial charge in [0.05, 0.1) is 0 Å². The van der Waals surface area contributed by atoms with Crippen LogP contribution in [0.25, 0.3) is 0 Å². The maximum absolute atomic E-state index is 12.1. The number of phenols is 1. The molecule has 0 radical (unpaired) electrons. The first-order valence-corrected chi connectivity index (χ1v) is 10.2. The summed E-state index contributed by atoms with van der Waals surface area (Å²) in [5.41, 5.74) is 2.08. The number of aromatic hydroxyl groups is 1. The normalized spacial score (nSPS) is 15.0. The predicted octanol–water partition coefficient (Wildman–Crippen LogP) is 3.38. The van der Waals surface area contributed by atoms with Crippen molar-refractivity contribution in [2.24, 2.45) is 4.99 Å². The zero-order chi connectivity index (χ0) is 20.0. The largest absolute Gasteiger partial charge is 0.508 e. The van der Waals surface area contributed by atoms with Crippen molar-refractivity contribution in [1.82, 2.24) is 10.6 Å². The van der Waals surface area contributed by atoms with E-state index in [9.17, 15) is 9.90 Å². The van der Waals surface area contributed by atoms with E-state index in [4.69, 9.17) is 0 Å². The molecule has 0 atom stereocenters. The summed E-state index contributed by atoms with van der Waals surface area (Å²) in [7, 11) is 0. The van der Waals surface area contributed by atoms with Crippen molar-refractivity contribution >= 4 is 33.5 Å². The van der Waals surface area contributed by atoms with Crippen molar-refractivity contribution in [2.75, 3.05) is 25.0 Å². The fourth-order valence-corrected chi connectivity index (χ4v) is 3.43. The van der Waals surface area contributed by atoms with Gasteiger partial charge in [0.25, 0.3) is 0 Å². The molecule has 0 saturated heterocycles. The molecule has 1 saturated carbocycles. The minimum absolute atomic E-state index is 0.0140. The van der Waals surface area contributed by atoms with Gasteiger partial charge >= 0.3 is 0 Å². The smallest absolute Gasteiger partial charge is 0.246 e. The Kier molecular flexibility index (Phi) is 6.57. The number of carbonyl (C=O) groups is 1. The number of anilines is 1. The molecule has 28 heavy (non-hydrogen) atoms. The Labute approximate surface area is 173 Å². The minimum atomic E-state index is -0.212. The third-order valence-electron chi connectivity index (χ3n) is 4.76. The van der Waals surface area contributed by atoms with Crippen LogP contribution in [0.1, 0.15) is 25.3 Å². The number of nitrogens with one attached hydrogen (secondary N) is 3. The van der Waals surface area contributed by atoms with Crippen LogP contribution in [0.15, 0.2) is 58.0 Å². The van der Waals surface area contributed by atoms with Gasteiger partial charge in [-0.25, -0.2) is 4.99 Å². The summed E-state index contributed by atoms with van der Waals surface area (Å²) in [6.07, 6.45) is 2.27. The van der Waals surface area contributed by atoms with E-state index in [1.54, 1.807) is 12.1 Å². The molecule has 0 bridgehead atoms. The summed E-state index contributed by atoms with van der Waals surface area (Å²) >= 11 is 3.54. The first-order valence-electron chi connectivity index (χ1n) is 9.38. The molecule has 4 N–H and O–H groups in total. The number of benzene rings is 2. The van der Waals surface area contributed by atoms with Gasteiger partial charge in [-0.1, -0.05) is 28.1 Å². The number of amides is 1. The molecule has 2 aromatic rings. The number of aliphatic imine (C=N–C) groups is 1. The van der Waals surface area contributed by atoms with Gasteiger partial charge in [0.1, 0.15) is 12.3 Å². The van der Waals surface area contributed by atoms with Crippen LogP contribution in [0.3, 0.4) is 0 Å². The quantitative estimate of drug-likeness (QED) is 0.299. The molecule has 1 amide bonds. The molecule has 1 aliphatic rings. The van der Waals surface area contributed by atoms with Crippen molar-refractivity contribution < 1.29 is 9.90 Å². The van der Waals surface area contributed by atoms with Crippen LogP contribution in [0, 0.1) is 0 Å². The lowest BCUT2D eigenvalue weighted by molar-refractivity contribution is -0.114. The maximum atomic E-state index is 12.1. The molecular weight excluding hydrogens is 420 g/mol. The molecule has 0 unspecified atom stereocenters. The van der Waals surface area contributed by atoms with Crippen LogP contribution in [0.5, 0.6) is 5.75 Å². The van der Waals surface area contributed by atoms with E-state index >= 15 is 0 Å². The Morgan fingerprint density at radius 1 is 1.18 bits per heavy atom. The number of phenolic OH excluding ortho intramolecular Hbond substituents is 1. The number of hydrogen-bond donors (Lipinski definition) is 4. The lowest BCUT2D eigenvalue weighted by Crippen LogP contribution is -2.41. The van der Waals surface area contributed by atoms with Crippen LogP contribution in [0.2, 0.25) is 0 Å². The van der Waals surface area contributed by atoms with E-state index in [0.717, 1.165) is 30.4 Å². The Morgan fingerprint density at radius 2 is 1.93 bits per heavy atom. The second-order valence-electron chi connectivity index (χ2n) is 6.93. The number of carbonyl (C=O) groups excluding carboxylic acids is 1. The van der Waals surface area contributed by atoms with E-state index in [-0.39, 0.29) is 23.6 Å². The highest BCUT2D eigenvalue weighted by atomic mass is 79.9. The van der Waals surface area contributed by atoms with E-state index in [1.807, 2.05) is 13.0 Å². The average molecular weight is 445 g/mol. The fraction of sp³-hybridized carbons (Fsp3) is 0.333. The Hall–Kier alpha value is -2.54. The fourth-order valence-electron chi connectivity index (χ4n) is 3.03. The lowest BCUT2D eigenvalue weighted by atomic mass is 9.96. The zero-order valence-electron chi connectivity index (χ0n) is 15.8. The van der Waals surface area contributed by atoms with Gasteiger partial charge in [0.2, 0.25) is 5.91 Å². The van der Waals surface area contributed by atoms with Gasteiger partial charge in [-0.3, -0.25) is 4.79 Å². The van der Waals surface area contributed by atoms with Gasteiger partial charge in [-0.15, -0.1) is 0 Å².